The van der Waals surface area contributed by atoms with E-state index in [1.54, 1.807) is 53.4 Å². The minimum absolute atomic E-state index is 0.113. The molecule has 0 saturated carbocycles. The molecule has 3 aromatic carbocycles. The molecule has 0 aliphatic carbocycles. The number of nitrogens with zero attached hydrogens (tertiary/aromatic N) is 1. The summed E-state index contributed by atoms with van der Waals surface area (Å²) in [6.45, 7) is 7.45. The van der Waals surface area contributed by atoms with Crippen LogP contribution in [-0.4, -0.2) is 25.0 Å². The fraction of sp³-hybridized carbons (Fsp3) is 0.259. The van der Waals surface area contributed by atoms with Crippen molar-refractivity contribution >= 4 is 23.2 Å². The van der Waals surface area contributed by atoms with Crippen molar-refractivity contribution in [1.29, 1.82) is 0 Å². The molecule has 0 radical (unpaired) electrons. The summed E-state index contributed by atoms with van der Waals surface area (Å²) in [4.78, 5) is 27.4. The van der Waals surface area contributed by atoms with Crippen molar-refractivity contribution in [3.8, 4) is 5.75 Å². The fourth-order valence-electron chi connectivity index (χ4n) is 3.26. The standard InChI is InChI=1S/C27H30N2O3/c1-4-29(24-11-6-5-7-12-24)27(31)22-9-8-10-23(19-22)28-26(30)21-13-15-25(16-14-21)32-18-17-20(2)3/h5-16,19-20H,4,17-18H2,1-3H3,(H,28,30). The van der Waals surface area contributed by atoms with Gasteiger partial charge in [-0.3, -0.25) is 9.59 Å². The van der Waals surface area contributed by atoms with Crippen LogP contribution in [0.1, 0.15) is 47.9 Å². The van der Waals surface area contributed by atoms with E-state index in [9.17, 15) is 9.59 Å². The molecule has 0 bridgehead atoms. The van der Waals surface area contributed by atoms with E-state index in [1.807, 2.05) is 37.3 Å². The van der Waals surface area contributed by atoms with E-state index in [2.05, 4.69) is 19.2 Å². The van der Waals surface area contributed by atoms with E-state index in [0.717, 1.165) is 17.9 Å². The molecule has 0 aliphatic heterocycles. The third-order valence-corrected chi connectivity index (χ3v) is 5.08. The van der Waals surface area contributed by atoms with Gasteiger partial charge in [-0.25, -0.2) is 0 Å². The number of rotatable bonds is 9. The molecule has 3 aromatic rings. The minimum Gasteiger partial charge on any atom is -0.494 e. The van der Waals surface area contributed by atoms with E-state index in [-0.39, 0.29) is 11.8 Å². The van der Waals surface area contributed by atoms with Crippen LogP contribution in [0.2, 0.25) is 0 Å². The quantitative estimate of drug-likeness (QED) is 0.451. The van der Waals surface area contributed by atoms with Gasteiger partial charge in [0.25, 0.3) is 11.8 Å². The molecular weight excluding hydrogens is 400 g/mol. The molecule has 0 saturated heterocycles. The van der Waals surface area contributed by atoms with Gasteiger partial charge >= 0.3 is 0 Å². The van der Waals surface area contributed by atoms with E-state index in [4.69, 9.17) is 4.74 Å². The number of hydrogen-bond acceptors (Lipinski definition) is 3. The van der Waals surface area contributed by atoms with Crippen molar-refractivity contribution < 1.29 is 14.3 Å². The lowest BCUT2D eigenvalue weighted by molar-refractivity contribution is 0.0985. The van der Waals surface area contributed by atoms with Crippen molar-refractivity contribution in [3.63, 3.8) is 0 Å². The molecule has 0 heterocycles. The number of amides is 2. The summed E-state index contributed by atoms with van der Waals surface area (Å²) in [5.41, 5.74) is 2.45. The van der Waals surface area contributed by atoms with Crippen molar-refractivity contribution in [1.82, 2.24) is 0 Å². The normalized spacial score (nSPS) is 10.6. The van der Waals surface area contributed by atoms with Gasteiger partial charge in [-0.2, -0.15) is 0 Å². The monoisotopic (exact) mass is 430 g/mol. The predicted octanol–water partition coefficient (Wildman–Crippen LogP) is 6.03. The number of carbonyl (C=O) groups excluding carboxylic acids is 2. The zero-order chi connectivity index (χ0) is 22.9. The summed E-state index contributed by atoms with van der Waals surface area (Å²) in [5.74, 6) is 0.978. The topological polar surface area (TPSA) is 58.6 Å². The summed E-state index contributed by atoms with van der Waals surface area (Å²) in [6.07, 6.45) is 0.983. The SMILES string of the molecule is CCN(C(=O)c1cccc(NC(=O)c2ccc(OCCC(C)C)cc2)c1)c1ccccc1. The summed E-state index contributed by atoms with van der Waals surface area (Å²) in [6, 6.07) is 23.6. The largest absolute Gasteiger partial charge is 0.494 e. The van der Waals surface area contributed by atoms with Crippen LogP contribution in [0.5, 0.6) is 5.75 Å². The summed E-state index contributed by atoms with van der Waals surface area (Å²) in [7, 11) is 0. The molecule has 0 fully saturated rings. The molecular formula is C27H30N2O3. The highest BCUT2D eigenvalue weighted by Gasteiger charge is 2.16. The first kappa shape index (κ1) is 23.1. The lowest BCUT2D eigenvalue weighted by Crippen LogP contribution is -2.30. The Bertz CT molecular complexity index is 1030. The molecule has 0 atom stereocenters. The van der Waals surface area contributed by atoms with Gasteiger partial charge in [0.1, 0.15) is 5.75 Å². The number of para-hydroxylation sites is 1. The van der Waals surface area contributed by atoms with Crippen LogP contribution in [0.3, 0.4) is 0 Å². The first-order chi connectivity index (χ1) is 15.5. The Balaban J connectivity index is 1.66. The van der Waals surface area contributed by atoms with Gasteiger partial charge in [-0.1, -0.05) is 38.1 Å². The molecule has 0 aromatic heterocycles. The molecule has 0 spiro atoms. The second kappa shape index (κ2) is 11.1. The number of carbonyl (C=O) groups is 2. The molecule has 5 heteroatoms. The fourth-order valence-corrected chi connectivity index (χ4v) is 3.26. The van der Waals surface area contributed by atoms with Crippen LogP contribution >= 0.6 is 0 Å². The van der Waals surface area contributed by atoms with Crippen molar-refractivity contribution in [2.75, 3.05) is 23.4 Å². The van der Waals surface area contributed by atoms with Crippen LogP contribution in [0.15, 0.2) is 78.9 Å². The van der Waals surface area contributed by atoms with Crippen LogP contribution in [0.25, 0.3) is 0 Å². The van der Waals surface area contributed by atoms with Crippen LogP contribution in [0.4, 0.5) is 11.4 Å². The van der Waals surface area contributed by atoms with Gasteiger partial charge in [-0.05, 0) is 73.9 Å². The molecule has 3 rings (SSSR count). The maximum absolute atomic E-state index is 13.0. The van der Waals surface area contributed by atoms with Gasteiger partial charge < -0.3 is 15.0 Å². The molecule has 166 valence electrons. The zero-order valence-electron chi connectivity index (χ0n) is 18.9. The number of benzene rings is 3. The van der Waals surface area contributed by atoms with Gasteiger partial charge in [0, 0.05) is 29.0 Å². The van der Waals surface area contributed by atoms with E-state index in [1.165, 1.54) is 0 Å². The molecule has 32 heavy (non-hydrogen) atoms. The minimum atomic E-state index is -0.237. The third kappa shape index (κ3) is 6.20. The first-order valence-corrected chi connectivity index (χ1v) is 11.0. The maximum Gasteiger partial charge on any atom is 0.258 e. The average molecular weight is 431 g/mol. The van der Waals surface area contributed by atoms with Crippen molar-refractivity contribution in [2.45, 2.75) is 27.2 Å². The smallest absolute Gasteiger partial charge is 0.258 e. The zero-order valence-corrected chi connectivity index (χ0v) is 18.9. The maximum atomic E-state index is 13.0. The predicted molar refractivity (Wildman–Crippen MR) is 130 cm³/mol. The van der Waals surface area contributed by atoms with Gasteiger partial charge in [0.2, 0.25) is 0 Å². The summed E-state index contributed by atoms with van der Waals surface area (Å²) < 4.78 is 5.71. The van der Waals surface area contributed by atoms with Crippen LogP contribution < -0.4 is 15.0 Å². The summed E-state index contributed by atoms with van der Waals surface area (Å²) in [5, 5.41) is 2.88. The number of nitrogens with one attached hydrogen (secondary N) is 1. The molecule has 0 aliphatic rings. The van der Waals surface area contributed by atoms with Crippen LogP contribution in [0, 0.1) is 5.92 Å². The molecule has 0 unspecified atom stereocenters. The Kier molecular flexibility index (Phi) is 8.03. The van der Waals surface area contributed by atoms with Crippen molar-refractivity contribution in [3.05, 3.63) is 90.0 Å². The Morgan fingerprint density at radius 1 is 0.906 bits per heavy atom. The molecule has 5 nitrogen and oxygen atoms in total. The Labute approximate surface area is 190 Å². The van der Waals surface area contributed by atoms with Gasteiger partial charge in [0.15, 0.2) is 0 Å². The second-order valence-corrected chi connectivity index (χ2v) is 7.98. The highest BCUT2D eigenvalue weighted by Crippen LogP contribution is 2.20. The van der Waals surface area contributed by atoms with Gasteiger partial charge in [-0.15, -0.1) is 0 Å². The average Bonchev–Trinajstić information content (AvgIpc) is 2.80. The highest BCUT2D eigenvalue weighted by atomic mass is 16.5. The number of hydrogen-bond donors (Lipinski definition) is 1. The first-order valence-electron chi connectivity index (χ1n) is 11.0. The third-order valence-electron chi connectivity index (χ3n) is 5.08. The number of anilines is 2. The highest BCUT2D eigenvalue weighted by molar-refractivity contribution is 6.08. The number of ether oxygens (including phenoxy) is 1. The van der Waals surface area contributed by atoms with Crippen LogP contribution in [-0.2, 0) is 0 Å². The van der Waals surface area contributed by atoms with Crippen molar-refractivity contribution in [2.24, 2.45) is 5.92 Å². The van der Waals surface area contributed by atoms with E-state index < -0.39 is 0 Å². The molecule has 1 N–H and O–H groups in total. The Morgan fingerprint density at radius 2 is 1.62 bits per heavy atom. The Hall–Kier alpha value is -3.60. The van der Waals surface area contributed by atoms with E-state index >= 15 is 0 Å². The van der Waals surface area contributed by atoms with E-state index in [0.29, 0.717) is 35.9 Å². The lowest BCUT2D eigenvalue weighted by atomic mass is 10.1. The van der Waals surface area contributed by atoms with Gasteiger partial charge in [0.05, 0.1) is 6.61 Å². The lowest BCUT2D eigenvalue weighted by Gasteiger charge is -2.21. The summed E-state index contributed by atoms with van der Waals surface area (Å²) >= 11 is 0. The molecule has 2 amide bonds. The second-order valence-electron chi connectivity index (χ2n) is 7.98. The Morgan fingerprint density at radius 3 is 2.28 bits per heavy atom.